The standard InChI is InChI=1S/C23H22F3N9O/c1-29-10-15(9-28)17-8-18-30-6-7-34(18)19(32-17)16-11-31-35(12-16)21(4-5-27)13-33(14-21)20(36)22(2-3-22)23(24,25)26/h6-12,15,28H,2-4,13-14H2,1H3. The Labute approximate surface area is 203 Å². The van der Waals surface area contributed by atoms with Crippen LogP contribution in [0.1, 0.15) is 30.9 Å². The number of fused-ring (bicyclic) bond motifs is 1. The topological polar surface area (TPSA) is 128 Å². The van der Waals surface area contributed by atoms with Crippen molar-refractivity contribution in [3.8, 4) is 17.5 Å². The Hall–Kier alpha value is -4.08. The molecule has 1 aliphatic heterocycles. The van der Waals surface area contributed by atoms with Gasteiger partial charge in [-0.25, -0.2) is 9.97 Å². The number of aliphatic imine (C=N–C) groups is 1. The zero-order valence-corrected chi connectivity index (χ0v) is 19.3. The SMILES string of the molecule is CN=CC(C=N)c1cc2nccn2c(-c2cnn(C3(CC#N)CN(C(=O)C4(C(F)(F)F)CC4)C3)c2)n1. The van der Waals surface area contributed by atoms with Crippen LogP contribution in [-0.4, -0.2) is 73.7 Å². The van der Waals surface area contributed by atoms with Crippen molar-refractivity contribution < 1.29 is 18.0 Å². The molecule has 1 atom stereocenters. The molecule has 0 bridgehead atoms. The molecule has 1 saturated heterocycles. The van der Waals surface area contributed by atoms with Crippen molar-refractivity contribution in [3.05, 3.63) is 36.5 Å². The second-order valence-electron chi connectivity index (χ2n) is 9.23. The number of rotatable bonds is 7. The van der Waals surface area contributed by atoms with Crippen LogP contribution in [0.5, 0.6) is 0 Å². The van der Waals surface area contributed by atoms with Gasteiger partial charge in [-0.05, 0) is 12.8 Å². The van der Waals surface area contributed by atoms with Crippen molar-refractivity contribution in [2.24, 2.45) is 10.4 Å². The van der Waals surface area contributed by atoms with Crippen molar-refractivity contribution >= 4 is 24.0 Å². The minimum Gasteiger partial charge on any atom is -0.337 e. The van der Waals surface area contributed by atoms with E-state index < -0.39 is 29.0 Å². The van der Waals surface area contributed by atoms with Gasteiger partial charge in [-0.15, -0.1) is 0 Å². The maximum absolute atomic E-state index is 13.4. The quantitative estimate of drug-likeness (QED) is 0.502. The molecule has 2 fully saturated rings. The van der Waals surface area contributed by atoms with E-state index in [0.29, 0.717) is 22.7 Å². The zero-order valence-electron chi connectivity index (χ0n) is 19.3. The number of nitriles is 1. The van der Waals surface area contributed by atoms with E-state index in [4.69, 9.17) is 10.4 Å². The summed E-state index contributed by atoms with van der Waals surface area (Å²) in [4.78, 5) is 26.8. The first-order chi connectivity index (χ1) is 17.2. The molecule has 0 spiro atoms. The predicted molar refractivity (Wildman–Crippen MR) is 123 cm³/mol. The number of alkyl halides is 3. The molecule has 3 aromatic heterocycles. The van der Waals surface area contributed by atoms with Crippen LogP contribution in [0.25, 0.3) is 17.0 Å². The van der Waals surface area contributed by atoms with E-state index in [1.807, 2.05) is 0 Å². The van der Waals surface area contributed by atoms with Gasteiger partial charge in [0.2, 0.25) is 5.91 Å². The number of nitrogens with one attached hydrogen (secondary N) is 1. The number of carbonyl (C=O) groups is 1. The van der Waals surface area contributed by atoms with Crippen LogP contribution < -0.4 is 0 Å². The van der Waals surface area contributed by atoms with Gasteiger partial charge in [-0.2, -0.15) is 23.5 Å². The lowest BCUT2D eigenvalue weighted by Crippen LogP contribution is -2.66. The van der Waals surface area contributed by atoms with Gasteiger partial charge in [-0.3, -0.25) is 18.9 Å². The molecule has 1 N–H and O–H groups in total. The summed E-state index contributed by atoms with van der Waals surface area (Å²) in [7, 11) is 1.61. The third-order valence-electron chi connectivity index (χ3n) is 6.93. The van der Waals surface area contributed by atoms with Crippen molar-refractivity contribution in [3.63, 3.8) is 0 Å². The Morgan fingerprint density at radius 1 is 1.39 bits per heavy atom. The van der Waals surface area contributed by atoms with E-state index >= 15 is 0 Å². The summed E-state index contributed by atoms with van der Waals surface area (Å²) >= 11 is 0. The molecule has 4 heterocycles. The van der Waals surface area contributed by atoms with Gasteiger partial charge in [0.15, 0.2) is 0 Å². The van der Waals surface area contributed by atoms with E-state index in [9.17, 15) is 23.2 Å². The maximum atomic E-state index is 13.4. The third kappa shape index (κ3) is 3.55. The van der Waals surface area contributed by atoms with Gasteiger partial charge in [-0.1, -0.05) is 0 Å². The average Bonchev–Trinajstić information content (AvgIpc) is 3.28. The number of hydrogen-bond acceptors (Lipinski definition) is 7. The first-order valence-electron chi connectivity index (χ1n) is 11.2. The molecular formula is C23H22F3N9O. The number of aromatic nitrogens is 5. The summed E-state index contributed by atoms with van der Waals surface area (Å²) in [6.07, 6.45) is 4.38. The lowest BCUT2D eigenvalue weighted by atomic mass is 9.85. The Balaban J connectivity index is 1.46. The van der Waals surface area contributed by atoms with Crippen molar-refractivity contribution in [2.45, 2.75) is 36.9 Å². The lowest BCUT2D eigenvalue weighted by Gasteiger charge is -2.50. The number of nitrogens with zero attached hydrogens (tertiary/aromatic N) is 8. The van der Waals surface area contributed by atoms with Gasteiger partial charge in [0, 0.05) is 57.2 Å². The number of amides is 1. The average molecular weight is 497 g/mol. The first-order valence-corrected chi connectivity index (χ1v) is 11.2. The molecule has 1 aliphatic carbocycles. The fourth-order valence-corrected chi connectivity index (χ4v) is 4.72. The molecule has 36 heavy (non-hydrogen) atoms. The van der Waals surface area contributed by atoms with E-state index in [-0.39, 0.29) is 32.4 Å². The van der Waals surface area contributed by atoms with Gasteiger partial charge in [0.25, 0.3) is 0 Å². The predicted octanol–water partition coefficient (Wildman–Crippen LogP) is 2.82. The summed E-state index contributed by atoms with van der Waals surface area (Å²) in [6.45, 7) is -0.0652. The molecule has 0 aromatic carbocycles. The normalized spacial score (nSPS) is 19.1. The Kier molecular flexibility index (Phi) is 5.42. The smallest absolute Gasteiger partial charge is 0.337 e. The molecule has 5 rings (SSSR count). The van der Waals surface area contributed by atoms with Crippen LogP contribution in [0.15, 0.2) is 35.8 Å². The van der Waals surface area contributed by atoms with E-state index in [1.165, 1.54) is 11.1 Å². The molecule has 186 valence electrons. The summed E-state index contributed by atoms with van der Waals surface area (Å²) in [5, 5.41) is 21.6. The fourth-order valence-electron chi connectivity index (χ4n) is 4.72. The summed E-state index contributed by atoms with van der Waals surface area (Å²) in [5.74, 6) is -0.887. The second-order valence-corrected chi connectivity index (χ2v) is 9.23. The fraction of sp³-hybridized carbons (Fsp3) is 0.435. The highest BCUT2D eigenvalue weighted by Gasteiger charge is 2.70. The Bertz CT molecular complexity index is 1400. The Morgan fingerprint density at radius 2 is 2.14 bits per heavy atom. The minimum absolute atomic E-state index is 0.0201. The molecule has 0 radical (unpaired) electrons. The second kappa shape index (κ2) is 8.25. The van der Waals surface area contributed by atoms with Gasteiger partial charge in [0.05, 0.1) is 35.9 Å². The highest BCUT2D eigenvalue weighted by atomic mass is 19.4. The molecular weight excluding hydrogens is 475 g/mol. The molecule has 10 nitrogen and oxygen atoms in total. The zero-order chi connectivity index (χ0) is 25.7. The van der Waals surface area contributed by atoms with Crippen LogP contribution in [0.2, 0.25) is 0 Å². The molecule has 1 amide bonds. The molecule has 1 saturated carbocycles. The minimum atomic E-state index is -4.58. The highest BCUT2D eigenvalue weighted by molar-refractivity contribution is 5.89. The van der Waals surface area contributed by atoms with E-state index in [0.717, 1.165) is 0 Å². The van der Waals surface area contributed by atoms with E-state index in [1.54, 1.807) is 53.2 Å². The molecule has 3 aromatic rings. The van der Waals surface area contributed by atoms with Gasteiger partial charge in [0.1, 0.15) is 22.4 Å². The number of likely N-dealkylation sites (tertiary alicyclic amines) is 1. The first kappa shape index (κ1) is 23.7. The van der Waals surface area contributed by atoms with Crippen LogP contribution in [0.3, 0.4) is 0 Å². The third-order valence-corrected chi connectivity index (χ3v) is 6.93. The highest BCUT2D eigenvalue weighted by Crippen LogP contribution is 2.59. The van der Waals surface area contributed by atoms with Gasteiger partial charge >= 0.3 is 6.18 Å². The van der Waals surface area contributed by atoms with Crippen molar-refractivity contribution in [1.82, 2.24) is 29.0 Å². The largest absolute Gasteiger partial charge is 0.403 e. The monoisotopic (exact) mass is 497 g/mol. The number of carbonyl (C=O) groups excluding carboxylic acids is 1. The lowest BCUT2D eigenvalue weighted by molar-refractivity contribution is -0.204. The van der Waals surface area contributed by atoms with Crippen LogP contribution in [-0.2, 0) is 10.3 Å². The molecule has 2 aliphatic rings. The summed E-state index contributed by atoms with van der Waals surface area (Å²) < 4.78 is 43.6. The van der Waals surface area contributed by atoms with Crippen LogP contribution in [0.4, 0.5) is 13.2 Å². The maximum Gasteiger partial charge on any atom is 0.403 e. The summed E-state index contributed by atoms with van der Waals surface area (Å²) in [5.41, 5.74) is -1.46. The van der Waals surface area contributed by atoms with Crippen LogP contribution in [0, 0.1) is 22.2 Å². The summed E-state index contributed by atoms with van der Waals surface area (Å²) in [6, 6.07) is 3.84. The van der Waals surface area contributed by atoms with E-state index in [2.05, 4.69) is 21.1 Å². The van der Waals surface area contributed by atoms with Crippen molar-refractivity contribution in [1.29, 1.82) is 10.7 Å². The number of halogens is 3. The Morgan fingerprint density at radius 3 is 2.75 bits per heavy atom. The molecule has 1 unspecified atom stereocenters. The van der Waals surface area contributed by atoms with Gasteiger partial charge < -0.3 is 10.3 Å². The van der Waals surface area contributed by atoms with Crippen molar-refractivity contribution in [2.75, 3.05) is 20.1 Å². The number of imidazole rings is 1. The molecule has 13 heteroatoms. The number of hydrogen-bond donors (Lipinski definition) is 1. The van der Waals surface area contributed by atoms with Crippen LogP contribution >= 0.6 is 0 Å².